The highest BCUT2D eigenvalue weighted by atomic mass is 32.2. The molecule has 178 valence electrons. The van der Waals surface area contributed by atoms with Crippen LogP contribution in [0.25, 0.3) is 0 Å². The second-order valence-corrected chi connectivity index (χ2v) is 9.83. The Morgan fingerprint density at radius 3 is 2.03 bits per heavy atom. The summed E-state index contributed by atoms with van der Waals surface area (Å²) in [6.45, 7) is 2.65. The number of hydrogen-bond donors (Lipinski definition) is 2. The lowest BCUT2D eigenvalue weighted by Gasteiger charge is -2.26. The van der Waals surface area contributed by atoms with Crippen LogP contribution in [0.5, 0.6) is 0 Å². The van der Waals surface area contributed by atoms with Crippen LogP contribution in [0.3, 0.4) is 0 Å². The van der Waals surface area contributed by atoms with Gasteiger partial charge in [-0.1, -0.05) is 72.8 Å². The van der Waals surface area contributed by atoms with E-state index in [0.29, 0.717) is 13.1 Å². The third-order valence-electron chi connectivity index (χ3n) is 5.38. The molecule has 4 rings (SSSR count). The van der Waals surface area contributed by atoms with Gasteiger partial charge in [0, 0.05) is 13.1 Å². The van der Waals surface area contributed by atoms with Crippen LogP contribution in [0.4, 0.5) is 11.5 Å². The lowest BCUT2D eigenvalue weighted by atomic mass is 10.1. The molecule has 0 spiro atoms. The highest BCUT2D eigenvalue weighted by Crippen LogP contribution is 2.26. The average molecular weight is 488 g/mol. The first-order valence-corrected chi connectivity index (χ1v) is 12.5. The van der Waals surface area contributed by atoms with Gasteiger partial charge in [-0.25, -0.2) is 18.2 Å². The molecule has 0 radical (unpaired) electrons. The fourth-order valence-corrected chi connectivity index (χ4v) is 4.87. The standard InChI is InChI=1S/C27H25N3O4S/c1-20-9-8-14-24(15-20)35(33,34)29-23-16-25(27(31)32)26(28-17-23)30(18-21-10-4-2-5-11-21)19-22-12-6-3-7-13-22/h2-17,29H,18-19H2,1H3,(H,31,32). The molecule has 2 N–H and O–H groups in total. The first-order chi connectivity index (χ1) is 16.8. The summed E-state index contributed by atoms with van der Waals surface area (Å²) in [6.07, 6.45) is 1.35. The number of carbonyl (C=O) groups is 1. The Morgan fingerprint density at radius 2 is 1.49 bits per heavy atom. The molecule has 3 aromatic carbocycles. The van der Waals surface area contributed by atoms with E-state index in [2.05, 4.69) is 9.71 Å². The van der Waals surface area contributed by atoms with Crippen molar-refractivity contribution >= 4 is 27.5 Å². The van der Waals surface area contributed by atoms with Gasteiger partial charge in [0.1, 0.15) is 11.4 Å². The Balaban J connectivity index is 1.70. The summed E-state index contributed by atoms with van der Waals surface area (Å²) in [6, 6.07) is 27.1. The molecule has 1 aromatic heterocycles. The lowest BCUT2D eigenvalue weighted by molar-refractivity contribution is 0.0697. The monoisotopic (exact) mass is 487 g/mol. The molecule has 0 bridgehead atoms. The minimum absolute atomic E-state index is 0.0760. The smallest absolute Gasteiger partial charge is 0.339 e. The van der Waals surface area contributed by atoms with Gasteiger partial charge in [-0.15, -0.1) is 0 Å². The van der Waals surface area contributed by atoms with Gasteiger partial charge in [-0.2, -0.15) is 0 Å². The lowest BCUT2D eigenvalue weighted by Crippen LogP contribution is -2.26. The van der Waals surface area contributed by atoms with Crippen molar-refractivity contribution in [3.05, 3.63) is 119 Å². The quantitative estimate of drug-likeness (QED) is 0.341. The van der Waals surface area contributed by atoms with E-state index in [9.17, 15) is 18.3 Å². The van der Waals surface area contributed by atoms with Crippen LogP contribution in [-0.2, 0) is 23.1 Å². The number of pyridine rings is 1. The first kappa shape index (κ1) is 24.0. The molecule has 0 saturated heterocycles. The van der Waals surface area contributed by atoms with E-state index in [-0.39, 0.29) is 22.0 Å². The number of benzene rings is 3. The molecule has 7 nitrogen and oxygen atoms in total. The summed E-state index contributed by atoms with van der Waals surface area (Å²) < 4.78 is 28.1. The van der Waals surface area contributed by atoms with E-state index in [4.69, 9.17) is 0 Å². The Bertz CT molecular complexity index is 1380. The third-order valence-corrected chi connectivity index (χ3v) is 6.76. The maximum atomic E-state index is 12.8. The zero-order valence-electron chi connectivity index (χ0n) is 19.1. The molecular weight excluding hydrogens is 462 g/mol. The summed E-state index contributed by atoms with van der Waals surface area (Å²) in [7, 11) is -3.91. The third kappa shape index (κ3) is 6.04. The van der Waals surface area contributed by atoms with Gasteiger partial charge in [-0.3, -0.25) is 4.72 Å². The number of rotatable bonds is 9. The molecule has 0 atom stereocenters. The molecule has 0 unspecified atom stereocenters. The predicted octanol–water partition coefficient (Wildman–Crippen LogP) is 5.10. The largest absolute Gasteiger partial charge is 0.478 e. The van der Waals surface area contributed by atoms with E-state index in [1.165, 1.54) is 18.3 Å². The van der Waals surface area contributed by atoms with Crippen molar-refractivity contribution in [1.82, 2.24) is 4.98 Å². The number of carboxylic acids is 1. The van der Waals surface area contributed by atoms with Crippen LogP contribution in [0.15, 0.2) is 102 Å². The Morgan fingerprint density at radius 1 is 0.886 bits per heavy atom. The summed E-state index contributed by atoms with van der Waals surface area (Å²) in [5.74, 6) is -0.945. The van der Waals surface area contributed by atoms with Crippen LogP contribution < -0.4 is 9.62 Å². The molecule has 0 aliphatic rings. The van der Waals surface area contributed by atoms with Crippen molar-refractivity contribution in [2.75, 3.05) is 9.62 Å². The molecule has 0 saturated carbocycles. The second-order valence-electron chi connectivity index (χ2n) is 8.15. The van der Waals surface area contributed by atoms with Crippen LogP contribution >= 0.6 is 0 Å². The number of carboxylic acid groups (broad SMARTS) is 1. The molecule has 0 fully saturated rings. The van der Waals surface area contributed by atoms with E-state index in [1.54, 1.807) is 25.1 Å². The first-order valence-electron chi connectivity index (χ1n) is 11.0. The zero-order chi connectivity index (χ0) is 24.8. The van der Waals surface area contributed by atoms with Crippen molar-refractivity contribution in [3.63, 3.8) is 0 Å². The number of nitrogens with zero attached hydrogens (tertiary/aromatic N) is 2. The molecule has 4 aromatic rings. The number of hydrogen-bond acceptors (Lipinski definition) is 5. The fourth-order valence-electron chi connectivity index (χ4n) is 3.73. The van der Waals surface area contributed by atoms with Crippen molar-refractivity contribution in [2.24, 2.45) is 0 Å². The van der Waals surface area contributed by atoms with Crippen molar-refractivity contribution in [3.8, 4) is 0 Å². The molecule has 8 heteroatoms. The van der Waals surface area contributed by atoms with Gasteiger partial charge in [-0.05, 0) is 41.8 Å². The topological polar surface area (TPSA) is 99.6 Å². The average Bonchev–Trinajstić information content (AvgIpc) is 2.85. The van der Waals surface area contributed by atoms with E-state index < -0.39 is 16.0 Å². The van der Waals surface area contributed by atoms with Crippen molar-refractivity contribution < 1.29 is 18.3 Å². The molecular formula is C27H25N3O4S. The predicted molar refractivity (Wildman–Crippen MR) is 136 cm³/mol. The van der Waals surface area contributed by atoms with Gasteiger partial charge in [0.25, 0.3) is 10.0 Å². The molecule has 0 amide bonds. The van der Waals surface area contributed by atoms with Gasteiger partial charge >= 0.3 is 5.97 Å². The van der Waals surface area contributed by atoms with Crippen molar-refractivity contribution in [2.45, 2.75) is 24.9 Å². The second kappa shape index (κ2) is 10.4. The number of aryl methyl sites for hydroxylation is 1. The number of nitrogens with one attached hydrogen (secondary N) is 1. The van der Waals surface area contributed by atoms with E-state index >= 15 is 0 Å². The number of anilines is 2. The minimum Gasteiger partial charge on any atom is -0.478 e. The Labute approximate surface area is 204 Å². The maximum absolute atomic E-state index is 12.8. The van der Waals surface area contributed by atoms with E-state index in [0.717, 1.165) is 16.7 Å². The summed E-state index contributed by atoms with van der Waals surface area (Å²) in [5.41, 5.74) is 2.76. The number of aromatic carboxylic acids is 1. The summed E-state index contributed by atoms with van der Waals surface area (Å²) >= 11 is 0. The van der Waals surface area contributed by atoms with Crippen LogP contribution in [0, 0.1) is 6.92 Å². The molecule has 35 heavy (non-hydrogen) atoms. The van der Waals surface area contributed by atoms with Gasteiger partial charge in [0.05, 0.1) is 16.8 Å². The molecule has 0 aliphatic carbocycles. The van der Waals surface area contributed by atoms with Gasteiger partial charge in [0.2, 0.25) is 0 Å². The summed E-state index contributed by atoms with van der Waals surface area (Å²) in [4.78, 5) is 18.6. The normalized spacial score (nSPS) is 11.1. The number of aromatic nitrogens is 1. The Kier molecular flexibility index (Phi) is 7.12. The van der Waals surface area contributed by atoms with Crippen LogP contribution in [-0.4, -0.2) is 24.5 Å². The van der Waals surface area contributed by atoms with E-state index in [1.807, 2.05) is 65.6 Å². The highest BCUT2D eigenvalue weighted by Gasteiger charge is 2.22. The summed E-state index contributed by atoms with van der Waals surface area (Å²) in [5, 5.41) is 9.98. The minimum atomic E-state index is -3.91. The maximum Gasteiger partial charge on any atom is 0.339 e. The SMILES string of the molecule is Cc1cccc(S(=O)(=O)Nc2cnc(N(Cc3ccccc3)Cc3ccccc3)c(C(=O)O)c2)c1. The number of sulfonamides is 1. The highest BCUT2D eigenvalue weighted by molar-refractivity contribution is 7.92. The fraction of sp³-hybridized carbons (Fsp3) is 0.111. The van der Waals surface area contributed by atoms with Gasteiger partial charge in [0.15, 0.2) is 0 Å². The van der Waals surface area contributed by atoms with Crippen LogP contribution in [0.2, 0.25) is 0 Å². The molecule has 1 heterocycles. The molecule has 0 aliphatic heterocycles. The Hall–Kier alpha value is -4.17. The van der Waals surface area contributed by atoms with Gasteiger partial charge < -0.3 is 10.0 Å². The van der Waals surface area contributed by atoms with Crippen molar-refractivity contribution in [1.29, 1.82) is 0 Å². The van der Waals surface area contributed by atoms with Crippen LogP contribution in [0.1, 0.15) is 27.0 Å². The zero-order valence-corrected chi connectivity index (χ0v) is 19.9.